The van der Waals surface area contributed by atoms with Gasteiger partial charge in [0.05, 0.1) is 6.10 Å². The lowest BCUT2D eigenvalue weighted by molar-refractivity contribution is 0.0575. The highest BCUT2D eigenvalue weighted by atomic mass is 16.5. The van der Waals surface area contributed by atoms with Gasteiger partial charge in [-0.2, -0.15) is 0 Å². The van der Waals surface area contributed by atoms with Crippen molar-refractivity contribution >= 4 is 0 Å². The average molecular weight is 231 g/mol. The molecule has 3 atom stereocenters. The summed E-state index contributed by atoms with van der Waals surface area (Å²) in [5, 5.41) is 0. The molecule has 0 aliphatic heterocycles. The summed E-state index contributed by atoms with van der Waals surface area (Å²) >= 11 is 0. The first-order valence-corrected chi connectivity index (χ1v) is 6.65. The van der Waals surface area contributed by atoms with Crippen molar-refractivity contribution in [2.45, 2.75) is 43.7 Å². The molecule has 0 bridgehead atoms. The molecule has 2 aliphatic rings. The number of rotatable bonds is 5. The number of nitrogens with two attached hydrogens (primary N) is 1. The van der Waals surface area contributed by atoms with Crippen molar-refractivity contribution in [2.75, 3.05) is 7.11 Å². The molecule has 1 aromatic rings. The fourth-order valence-electron chi connectivity index (χ4n) is 3.18. The number of methoxy groups -OCH3 is 1. The monoisotopic (exact) mass is 231 g/mol. The average Bonchev–Trinajstić information content (AvgIpc) is 3.11. The number of hydrogen-bond acceptors (Lipinski definition) is 2. The van der Waals surface area contributed by atoms with Crippen molar-refractivity contribution in [2.24, 2.45) is 11.7 Å². The first kappa shape index (κ1) is 11.2. The topological polar surface area (TPSA) is 35.2 Å². The van der Waals surface area contributed by atoms with E-state index in [1.807, 2.05) is 0 Å². The maximum Gasteiger partial charge on any atom is 0.0750 e. The van der Waals surface area contributed by atoms with Crippen LogP contribution in [0.25, 0.3) is 0 Å². The van der Waals surface area contributed by atoms with Crippen molar-refractivity contribution in [3.8, 4) is 0 Å². The van der Waals surface area contributed by atoms with Crippen LogP contribution in [-0.2, 0) is 11.2 Å². The largest absolute Gasteiger partial charge is 0.380 e. The third-order valence-corrected chi connectivity index (χ3v) is 4.30. The summed E-state index contributed by atoms with van der Waals surface area (Å²) in [5.74, 6) is 1.39. The Morgan fingerprint density at radius 2 is 2.12 bits per heavy atom. The number of hydrogen-bond donors (Lipinski definition) is 1. The second kappa shape index (κ2) is 4.43. The Morgan fingerprint density at radius 1 is 1.35 bits per heavy atom. The van der Waals surface area contributed by atoms with E-state index in [0.717, 1.165) is 12.3 Å². The summed E-state index contributed by atoms with van der Waals surface area (Å²) in [7, 11) is 1.80. The van der Waals surface area contributed by atoms with E-state index in [0.29, 0.717) is 5.92 Å². The molecule has 0 radical (unpaired) electrons. The zero-order chi connectivity index (χ0) is 11.8. The maximum absolute atomic E-state index is 6.31. The van der Waals surface area contributed by atoms with Gasteiger partial charge in [-0.05, 0) is 48.6 Å². The van der Waals surface area contributed by atoms with Crippen LogP contribution in [0.2, 0.25) is 0 Å². The van der Waals surface area contributed by atoms with Gasteiger partial charge in [-0.3, -0.25) is 0 Å². The lowest BCUT2D eigenvalue weighted by Gasteiger charge is -2.34. The molecular formula is C15H21NO. The Kier molecular flexibility index (Phi) is 2.93. The van der Waals surface area contributed by atoms with Crippen LogP contribution in [0.3, 0.4) is 0 Å². The zero-order valence-corrected chi connectivity index (χ0v) is 10.4. The molecule has 2 nitrogen and oxygen atoms in total. The van der Waals surface area contributed by atoms with Crippen LogP contribution in [0.4, 0.5) is 0 Å². The minimum absolute atomic E-state index is 0.200. The van der Waals surface area contributed by atoms with Gasteiger partial charge < -0.3 is 10.5 Å². The van der Waals surface area contributed by atoms with E-state index in [4.69, 9.17) is 10.5 Å². The lowest BCUT2D eigenvalue weighted by atomic mass is 9.74. The van der Waals surface area contributed by atoms with Crippen LogP contribution in [0.1, 0.15) is 36.3 Å². The Hall–Kier alpha value is -0.860. The third-order valence-electron chi connectivity index (χ3n) is 4.30. The second-order valence-electron chi connectivity index (χ2n) is 5.54. The molecule has 0 amide bonds. The summed E-state index contributed by atoms with van der Waals surface area (Å²) in [6, 6.07) is 8.93. The predicted molar refractivity (Wildman–Crippen MR) is 69.0 cm³/mol. The van der Waals surface area contributed by atoms with E-state index in [1.54, 1.807) is 7.11 Å². The molecule has 0 heterocycles. The number of benzene rings is 1. The van der Waals surface area contributed by atoms with Crippen molar-refractivity contribution in [3.63, 3.8) is 0 Å². The van der Waals surface area contributed by atoms with Crippen LogP contribution in [-0.4, -0.2) is 19.3 Å². The van der Waals surface area contributed by atoms with E-state index < -0.39 is 0 Å². The van der Waals surface area contributed by atoms with Gasteiger partial charge in [0.25, 0.3) is 0 Å². The van der Waals surface area contributed by atoms with E-state index in [2.05, 4.69) is 24.3 Å². The Bertz CT molecular complexity index is 400. The molecule has 1 aromatic carbocycles. The normalized spacial score (nSPS) is 25.9. The fraction of sp³-hybridized carbons (Fsp3) is 0.600. The van der Waals surface area contributed by atoms with Gasteiger partial charge in [-0.15, -0.1) is 0 Å². The molecule has 92 valence electrons. The molecule has 17 heavy (non-hydrogen) atoms. The van der Waals surface area contributed by atoms with Gasteiger partial charge in [-0.1, -0.05) is 24.3 Å². The van der Waals surface area contributed by atoms with E-state index >= 15 is 0 Å². The third kappa shape index (κ3) is 2.12. The van der Waals surface area contributed by atoms with E-state index in [-0.39, 0.29) is 12.1 Å². The quantitative estimate of drug-likeness (QED) is 0.845. The summed E-state index contributed by atoms with van der Waals surface area (Å²) in [6.45, 7) is 0. The minimum atomic E-state index is 0.200. The lowest BCUT2D eigenvalue weighted by Crippen LogP contribution is -2.40. The van der Waals surface area contributed by atoms with E-state index in [9.17, 15) is 0 Å². The Labute approximate surface area is 103 Å². The molecule has 0 aromatic heterocycles. The van der Waals surface area contributed by atoms with Gasteiger partial charge in [-0.25, -0.2) is 0 Å². The van der Waals surface area contributed by atoms with Gasteiger partial charge in [0.15, 0.2) is 0 Å². The number of fused-ring (bicyclic) bond motifs is 1. The fourth-order valence-corrected chi connectivity index (χ4v) is 3.18. The van der Waals surface area contributed by atoms with E-state index in [1.165, 1.54) is 30.4 Å². The molecule has 2 heteroatoms. The summed E-state index contributed by atoms with van der Waals surface area (Å²) in [5.41, 5.74) is 9.32. The summed E-state index contributed by atoms with van der Waals surface area (Å²) in [6.07, 6.45) is 5.15. The van der Waals surface area contributed by atoms with Crippen LogP contribution in [0.15, 0.2) is 24.3 Å². The van der Waals surface area contributed by atoms with Gasteiger partial charge in [0, 0.05) is 13.2 Å². The number of ether oxygens (including phenoxy) is 1. The van der Waals surface area contributed by atoms with Crippen molar-refractivity contribution < 1.29 is 4.74 Å². The second-order valence-corrected chi connectivity index (χ2v) is 5.54. The van der Waals surface area contributed by atoms with Crippen LogP contribution in [0, 0.1) is 5.92 Å². The SMILES string of the molecule is COC(C(N)CC1Cc2ccccc21)C1CC1. The van der Waals surface area contributed by atoms with Crippen molar-refractivity contribution in [1.82, 2.24) is 0 Å². The van der Waals surface area contributed by atoms with Gasteiger partial charge in [0.2, 0.25) is 0 Å². The Balaban J connectivity index is 1.61. The van der Waals surface area contributed by atoms with Crippen LogP contribution >= 0.6 is 0 Å². The highest BCUT2D eigenvalue weighted by molar-refractivity contribution is 5.39. The minimum Gasteiger partial charge on any atom is -0.380 e. The summed E-state index contributed by atoms with van der Waals surface area (Å²) < 4.78 is 5.57. The molecule has 2 aliphatic carbocycles. The molecular weight excluding hydrogens is 210 g/mol. The van der Waals surface area contributed by atoms with Gasteiger partial charge in [0.1, 0.15) is 0 Å². The zero-order valence-electron chi connectivity index (χ0n) is 10.4. The maximum atomic E-state index is 6.31. The predicted octanol–water partition coefficient (Wildman–Crippen LogP) is 2.47. The summed E-state index contributed by atoms with van der Waals surface area (Å²) in [4.78, 5) is 0. The first-order chi connectivity index (χ1) is 8.29. The molecule has 1 fully saturated rings. The highest BCUT2D eigenvalue weighted by Gasteiger charge is 2.37. The van der Waals surface area contributed by atoms with Gasteiger partial charge >= 0.3 is 0 Å². The molecule has 3 rings (SSSR count). The Morgan fingerprint density at radius 3 is 2.76 bits per heavy atom. The van der Waals surface area contributed by atoms with Crippen LogP contribution in [0.5, 0.6) is 0 Å². The van der Waals surface area contributed by atoms with Crippen LogP contribution < -0.4 is 5.73 Å². The highest BCUT2D eigenvalue weighted by Crippen LogP contribution is 2.41. The molecule has 3 unspecified atom stereocenters. The molecule has 2 N–H and O–H groups in total. The van der Waals surface area contributed by atoms with Crippen molar-refractivity contribution in [3.05, 3.63) is 35.4 Å². The van der Waals surface area contributed by atoms with Crippen molar-refractivity contribution in [1.29, 1.82) is 0 Å². The molecule has 1 saturated carbocycles. The standard InChI is InChI=1S/C15H21NO/c1-17-15(10-6-7-10)14(16)9-12-8-11-4-2-3-5-13(11)12/h2-5,10,12,14-15H,6-9,16H2,1H3. The smallest absolute Gasteiger partial charge is 0.0750 e. The first-order valence-electron chi connectivity index (χ1n) is 6.65. The molecule has 0 spiro atoms. The molecule has 0 saturated heterocycles.